The molecule has 0 spiro atoms. The molecule has 0 heteroatoms. The van der Waals surface area contributed by atoms with E-state index < -0.39 is 0 Å². The summed E-state index contributed by atoms with van der Waals surface area (Å²) in [6, 6.07) is 50.6. The van der Waals surface area contributed by atoms with E-state index in [1.165, 1.54) is 108 Å². The number of fused-ring (bicyclic) bond motifs is 11. The first kappa shape index (κ1) is 21.3. The summed E-state index contributed by atoms with van der Waals surface area (Å²) in [5.74, 6) is 0. The minimum absolute atomic E-state index is 1.29. The third-order valence-corrected chi connectivity index (χ3v) is 10.0. The highest BCUT2D eigenvalue weighted by Crippen LogP contribution is 2.53. The normalized spacial score (nSPS) is 12.8. The van der Waals surface area contributed by atoms with E-state index in [1.54, 1.807) is 0 Å². The van der Waals surface area contributed by atoms with Gasteiger partial charge in [-0.15, -0.1) is 0 Å². The second-order valence-corrected chi connectivity index (χ2v) is 12.1. The van der Waals surface area contributed by atoms with E-state index in [9.17, 15) is 0 Å². The highest BCUT2D eigenvalue weighted by molar-refractivity contribution is 6.33. The topological polar surface area (TPSA) is 0 Å². The maximum absolute atomic E-state index is 2.46. The van der Waals surface area contributed by atoms with Crippen molar-refractivity contribution in [3.8, 4) is 22.3 Å². The Morgan fingerprint density at radius 1 is 0.214 bits per heavy atom. The Balaban J connectivity index is 1.30. The lowest BCUT2D eigenvalue weighted by Crippen LogP contribution is -1.86. The van der Waals surface area contributed by atoms with Gasteiger partial charge in [-0.1, -0.05) is 91.0 Å². The Hall–Kier alpha value is -5.46. The molecule has 11 rings (SSSR count). The SMILES string of the molecule is c1ccc2cc3c(cc2c1)c1ccccc1c1cc2cc4c(cc2cc13)-c1cc2cccc3ccc5ccc-4c1c5c32. The maximum Gasteiger partial charge on any atom is -0.00137 e. The molecule has 10 aromatic carbocycles. The smallest absolute Gasteiger partial charge is 0.00137 e. The lowest BCUT2D eigenvalue weighted by Gasteiger charge is -2.14. The molecule has 0 aliphatic heterocycles. The van der Waals surface area contributed by atoms with Gasteiger partial charge in [-0.05, 0) is 151 Å². The van der Waals surface area contributed by atoms with Gasteiger partial charge in [0.25, 0.3) is 0 Å². The van der Waals surface area contributed by atoms with E-state index in [4.69, 9.17) is 0 Å². The fourth-order valence-electron chi connectivity index (χ4n) is 8.17. The Bertz CT molecular complexity index is 2830. The molecule has 0 atom stereocenters. The maximum atomic E-state index is 2.46. The zero-order chi connectivity index (χ0) is 27.1. The molecule has 10 aromatic rings. The van der Waals surface area contributed by atoms with Crippen molar-refractivity contribution in [2.24, 2.45) is 0 Å². The summed E-state index contributed by atoms with van der Waals surface area (Å²) < 4.78 is 0. The molecule has 0 bridgehead atoms. The third kappa shape index (κ3) is 2.51. The summed E-state index contributed by atoms with van der Waals surface area (Å²) in [7, 11) is 0. The molecule has 0 heterocycles. The van der Waals surface area contributed by atoms with Gasteiger partial charge in [0.1, 0.15) is 0 Å². The Kier molecular flexibility index (Phi) is 3.67. The molecule has 0 saturated carbocycles. The lowest BCUT2D eigenvalue weighted by atomic mass is 9.89. The van der Waals surface area contributed by atoms with Crippen LogP contribution in [-0.4, -0.2) is 0 Å². The van der Waals surface area contributed by atoms with Crippen molar-refractivity contribution in [3.05, 3.63) is 133 Å². The fourth-order valence-corrected chi connectivity index (χ4v) is 8.17. The highest BCUT2D eigenvalue weighted by Gasteiger charge is 2.25. The van der Waals surface area contributed by atoms with Crippen molar-refractivity contribution >= 4 is 86.2 Å². The average Bonchev–Trinajstić information content (AvgIpc) is 3.35. The predicted molar refractivity (Wildman–Crippen MR) is 182 cm³/mol. The number of hydrogen-bond donors (Lipinski definition) is 0. The van der Waals surface area contributed by atoms with E-state index in [2.05, 4.69) is 133 Å². The monoisotopic (exact) mass is 526 g/mol. The van der Waals surface area contributed by atoms with E-state index >= 15 is 0 Å². The van der Waals surface area contributed by atoms with Crippen molar-refractivity contribution in [1.29, 1.82) is 0 Å². The van der Waals surface area contributed by atoms with Gasteiger partial charge in [0, 0.05) is 0 Å². The average molecular weight is 527 g/mol. The molecule has 1 aliphatic rings. The van der Waals surface area contributed by atoms with E-state index in [1.807, 2.05) is 0 Å². The van der Waals surface area contributed by atoms with Crippen LogP contribution >= 0.6 is 0 Å². The summed E-state index contributed by atoms with van der Waals surface area (Å²) in [6.45, 7) is 0. The summed E-state index contributed by atoms with van der Waals surface area (Å²) in [4.78, 5) is 0. The first-order valence-electron chi connectivity index (χ1n) is 14.8. The van der Waals surface area contributed by atoms with Gasteiger partial charge in [-0.3, -0.25) is 0 Å². The van der Waals surface area contributed by atoms with Gasteiger partial charge < -0.3 is 0 Å². The van der Waals surface area contributed by atoms with Crippen molar-refractivity contribution in [1.82, 2.24) is 0 Å². The van der Waals surface area contributed by atoms with Gasteiger partial charge >= 0.3 is 0 Å². The molecule has 0 radical (unpaired) electrons. The molecule has 0 nitrogen and oxygen atoms in total. The Labute approximate surface area is 241 Å². The zero-order valence-electron chi connectivity index (χ0n) is 22.7. The fraction of sp³-hybridized carbons (Fsp3) is 0. The van der Waals surface area contributed by atoms with Crippen LogP contribution in [0.5, 0.6) is 0 Å². The van der Waals surface area contributed by atoms with Gasteiger partial charge in [-0.25, -0.2) is 0 Å². The molecule has 42 heavy (non-hydrogen) atoms. The first-order valence-corrected chi connectivity index (χ1v) is 14.8. The molecule has 190 valence electrons. The Morgan fingerprint density at radius 2 is 0.690 bits per heavy atom. The van der Waals surface area contributed by atoms with E-state index in [-0.39, 0.29) is 0 Å². The number of rotatable bonds is 0. The minimum atomic E-state index is 1.29. The molecule has 0 saturated heterocycles. The van der Waals surface area contributed by atoms with E-state index in [0.717, 1.165) is 0 Å². The Morgan fingerprint density at radius 3 is 1.38 bits per heavy atom. The highest BCUT2D eigenvalue weighted by atomic mass is 14.3. The van der Waals surface area contributed by atoms with E-state index in [0.29, 0.717) is 0 Å². The molecule has 0 fully saturated rings. The van der Waals surface area contributed by atoms with Crippen molar-refractivity contribution < 1.29 is 0 Å². The molecule has 0 amide bonds. The van der Waals surface area contributed by atoms with Gasteiger partial charge in [0.05, 0.1) is 0 Å². The number of hydrogen-bond acceptors (Lipinski definition) is 0. The predicted octanol–water partition coefficient (Wildman–Crippen LogP) is 12.0. The molecule has 0 aromatic heterocycles. The quantitative estimate of drug-likeness (QED) is 0.136. The largest absolute Gasteiger partial charge is 0.0616 e. The summed E-state index contributed by atoms with van der Waals surface area (Å²) in [6.07, 6.45) is 0. The first-order chi connectivity index (χ1) is 20.8. The minimum Gasteiger partial charge on any atom is -0.0616 e. The van der Waals surface area contributed by atoms with Crippen LogP contribution in [0.3, 0.4) is 0 Å². The molecule has 1 aliphatic carbocycles. The molecule has 0 unspecified atom stereocenters. The van der Waals surface area contributed by atoms with Crippen molar-refractivity contribution in [2.75, 3.05) is 0 Å². The van der Waals surface area contributed by atoms with Crippen molar-refractivity contribution in [2.45, 2.75) is 0 Å². The lowest BCUT2D eigenvalue weighted by molar-refractivity contribution is 1.76. The van der Waals surface area contributed by atoms with Crippen LogP contribution in [-0.2, 0) is 0 Å². The third-order valence-electron chi connectivity index (χ3n) is 10.0. The van der Waals surface area contributed by atoms with Crippen LogP contribution in [0, 0.1) is 0 Å². The second kappa shape index (κ2) is 7.24. The van der Waals surface area contributed by atoms with Crippen LogP contribution < -0.4 is 0 Å². The van der Waals surface area contributed by atoms with Gasteiger partial charge in [0.15, 0.2) is 0 Å². The van der Waals surface area contributed by atoms with Gasteiger partial charge in [-0.2, -0.15) is 0 Å². The molecular weight excluding hydrogens is 504 g/mol. The molecular formula is C42H22. The van der Waals surface area contributed by atoms with Crippen LogP contribution in [0.2, 0.25) is 0 Å². The van der Waals surface area contributed by atoms with Crippen LogP contribution in [0.1, 0.15) is 0 Å². The number of benzene rings is 10. The summed E-state index contributed by atoms with van der Waals surface area (Å²) >= 11 is 0. The van der Waals surface area contributed by atoms with Crippen LogP contribution in [0.4, 0.5) is 0 Å². The van der Waals surface area contributed by atoms with Crippen LogP contribution in [0.25, 0.3) is 108 Å². The van der Waals surface area contributed by atoms with Crippen molar-refractivity contribution in [3.63, 3.8) is 0 Å². The summed E-state index contributed by atoms with van der Waals surface area (Å²) in [5.41, 5.74) is 5.44. The molecule has 0 N–H and O–H groups in total. The van der Waals surface area contributed by atoms with Gasteiger partial charge in [0.2, 0.25) is 0 Å². The standard InChI is InChI=1S/C42H22/c1-2-7-26-17-36-33(16-25(26)6-1)30-10-3-4-11-31(30)34-19-28-20-35-32-15-14-24-13-12-23-8-5-9-27-18-39(42(32)41(24)40(23)27)38(35)22-29(28)21-37(34)36/h1-22H. The second-order valence-electron chi connectivity index (χ2n) is 12.1. The van der Waals surface area contributed by atoms with Crippen LogP contribution in [0.15, 0.2) is 133 Å². The summed E-state index contributed by atoms with van der Waals surface area (Å²) in [5, 5.41) is 21.3. The zero-order valence-corrected chi connectivity index (χ0v) is 22.7.